The molecular weight excluding hydrogens is 228 g/mol. The van der Waals surface area contributed by atoms with Crippen LogP contribution in [0.3, 0.4) is 0 Å². The number of aromatic nitrogens is 1. The van der Waals surface area contributed by atoms with E-state index >= 15 is 0 Å². The van der Waals surface area contributed by atoms with Crippen LogP contribution in [0.25, 0.3) is 0 Å². The highest BCUT2D eigenvalue weighted by Gasteiger charge is 2.34. The Morgan fingerprint density at radius 2 is 2.17 bits per heavy atom. The van der Waals surface area contributed by atoms with Gasteiger partial charge in [0.05, 0.1) is 11.9 Å². The lowest BCUT2D eigenvalue weighted by Crippen LogP contribution is -2.26. The van der Waals surface area contributed by atoms with Crippen molar-refractivity contribution in [2.75, 3.05) is 18.0 Å². The van der Waals surface area contributed by atoms with Gasteiger partial charge in [-0.05, 0) is 36.8 Å². The molecule has 0 amide bonds. The SMILES string of the molecule is CCC1(CC)CCN(c2ccc(C(=O)O)nc2)C1. The average molecular weight is 248 g/mol. The van der Waals surface area contributed by atoms with Gasteiger partial charge in [-0.2, -0.15) is 0 Å². The molecule has 98 valence electrons. The molecule has 0 aliphatic carbocycles. The van der Waals surface area contributed by atoms with Crippen molar-refractivity contribution >= 4 is 11.7 Å². The van der Waals surface area contributed by atoms with E-state index in [1.807, 2.05) is 6.07 Å². The summed E-state index contributed by atoms with van der Waals surface area (Å²) in [6.45, 7) is 6.58. The fraction of sp³-hybridized carbons (Fsp3) is 0.571. The van der Waals surface area contributed by atoms with E-state index in [1.54, 1.807) is 12.3 Å². The second-order valence-corrected chi connectivity index (χ2v) is 5.09. The number of carbonyl (C=O) groups is 1. The summed E-state index contributed by atoms with van der Waals surface area (Å²) in [5, 5.41) is 8.82. The van der Waals surface area contributed by atoms with Crippen LogP contribution in [0.15, 0.2) is 18.3 Å². The summed E-state index contributed by atoms with van der Waals surface area (Å²) in [5.74, 6) is -0.973. The predicted octanol–water partition coefficient (Wildman–Crippen LogP) is 2.80. The molecule has 0 atom stereocenters. The smallest absolute Gasteiger partial charge is 0.354 e. The highest BCUT2D eigenvalue weighted by atomic mass is 16.4. The largest absolute Gasteiger partial charge is 0.477 e. The maximum absolute atomic E-state index is 10.8. The Morgan fingerprint density at radius 3 is 2.61 bits per heavy atom. The summed E-state index contributed by atoms with van der Waals surface area (Å²) in [7, 11) is 0. The van der Waals surface area contributed by atoms with Gasteiger partial charge in [-0.25, -0.2) is 9.78 Å². The van der Waals surface area contributed by atoms with Crippen molar-refractivity contribution in [3.63, 3.8) is 0 Å². The molecule has 0 unspecified atom stereocenters. The zero-order valence-electron chi connectivity index (χ0n) is 11.0. The summed E-state index contributed by atoms with van der Waals surface area (Å²) in [6, 6.07) is 3.44. The van der Waals surface area contributed by atoms with Crippen LogP contribution in [0.1, 0.15) is 43.6 Å². The molecule has 2 heterocycles. The van der Waals surface area contributed by atoms with Crippen LogP contribution >= 0.6 is 0 Å². The van der Waals surface area contributed by atoms with E-state index in [2.05, 4.69) is 23.7 Å². The molecule has 18 heavy (non-hydrogen) atoms. The Morgan fingerprint density at radius 1 is 1.44 bits per heavy atom. The molecule has 0 radical (unpaired) electrons. The number of anilines is 1. The third-order valence-corrected chi connectivity index (χ3v) is 4.27. The molecule has 0 saturated carbocycles. The summed E-state index contributed by atoms with van der Waals surface area (Å²) in [4.78, 5) is 17.0. The second kappa shape index (κ2) is 4.96. The molecule has 0 bridgehead atoms. The molecular formula is C14H20N2O2. The number of rotatable bonds is 4. The van der Waals surface area contributed by atoms with Crippen LogP contribution in [0.2, 0.25) is 0 Å². The zero-order valence-corrected chi connectivity index (χ0v) is 11.0. The minimum absolute atomic E-state index is 0.107. The molecule has 4 nitrogen and oxygen atoms in total. The van der Waals surface area contributed by atoms with Gasteiger partial charge in [0.2, 0.25) is 0 Å². The minimum Gasteiger partial charge on any atom is -0.477 e. The first-order valence-corrected chi connectivity index (χ1v) is 6.54. The molecule has 0 spiro atoms. The van der Waals surface area contributed by atoms with Crippen LogP contribution in [-0.2, 0) is 0 Å². The zero-order chi connectivity index (χ0) is 13.2. The Hall–Kier alpha value is -1.58. The van der Waals surface area contributed by atoms with Crippen LogP contribution < -0.4 is 4.90 Å². The lowest BCUT2D eigenvalue weighted by Gasteiger charge is -2.27. The van der Waals surface area contributed by atoms with Gasteiger partial charge in [0.15, 0.2) is 0 Å². The highest BCUT2D eigenvalue weighted by molar-refractivity contribution is 5.85. The predicted molar refractivity (Wildman–Crippen MR) is 71.0 cm³/mol. The summed E-state index contributed by atoms with van der Waals surface area (Å²) in [5.41, 5.74) is 1.56. The fourth-order valence-corrected chi connectivity index (χ4v) is 2.68. The molecule has 2 rings (SSSR count). The lowest BCUT2D eigenvalue weighted by molar-refractivity contribution is 0.0690. The number of carboxylic acids is 1. The monoisotopic (exact) mass is 248 g/mol. The van der Waals surface area contributed by atoms with E-state index in [9.17, 15) is 4.79 Å². The first-order valence-electron chi connectivity index (χ1n) is 6.54. The molecule has 1 aliphatic rings. The van der Waals surface area contributed by atoms with Crippen molar-refractivity contribution in [1.29, 1.82) is 0 Å². The van der Waals surface area contributed by atoms with Gasteiger partial charge in [0, 0.05) is 13.1 Å². The van der Waals surface area contributed by atoms with Gasteiger partial charge in [-0.15, -0.1) is 0 Å². The molecule has 1 fully saturated rings. The lowest BCUT2D eigenvalue weighted by atomic mass is 9.82. The average Bonchev–Trinajstić information content (AvgIpc) is 2.84. The summed E-state index contributed by atoms with van der Waals surface area (Å²) >= 11 is 0. The number of aromatic carboxylic acids is 1. The maximum Gasteiger partial charge on any atom is 0.354 e. The second-order valence-electron chi connectivity index (χ2n) is 5.09. The topological polar surface area (TPSA) is 53.4 Å². The van der Waals surface area contributed by atoms with Crippen molar-refractivity contribution < 1.29 is 9.90 Å². The van der Waals surface area contributed by atoms with E-state index in [1.165, 1.54) is 19.3 Å². The summed E-state index contributed by atoms with van der Waals surface area (Å²) < 4.78 is 0. The normalized spacial score (nSPS) is 18.0. The van der Waals surface area contributed by atoms with Crippen molar-refractivity contribution in [3.8, 4) is 0 Å². The van der Waals surface area contributed by atoms with Crippen LogP contribution in [0.4, 0.5) is 5.69 Å². The van der Waals surface area contributed by atoms with E-state index in [0.29, 0.717) is 5.41 Å². The van der Waals surface area contributed by atoms with Gasteiger partial charge >= 0.3 is 5.97 Å². The quantitative estimate of drug-likeness (QED) is 0.890. The van der Waals surface area contributed by atoms with E-state index < -0.39 is 5.97 Å². The molecule has 1 aromatic heterocycles. The third kappa shape index (κ3) is 2.33. The van der Waals surface area contributed by atoms with Crippen molar-refractivity contribution in [2.24, 2.45) is 5.41 Å². The Balaban J connectivity index is 2.12. The minimum atomic E-state index is -0.973. The van der Waals surface area contributed by atoms with Crippen molar-refractivity contribution in [1.82, 2.24) is 4.98 Å². The number of pyridine rings is 1. The number of carboxylic acid groups (broad SMARTS) is 1. The van der Waals surface area contributed by atoms with Gasteiger partial charge in [0.25, 0.3) is 0 Å². The van der Waals surface area contributed by atoms with Gasteiger partial charge in [-0.1, -0.05) is 13.8 Å². The van der Waals surface area contributed by atoms with E-state index in [-0.39, 0.29) is 5.69 Å². The first-order chi connectivity index (χ1) is 8.60. The van der Waals surface area contributed by atoms with Gasteiger partial charge in [0.1, 0.15) is 5.69 Å². The molecule has 4 heteroatoms. The molecule has 1 aliphatic heterocycles. The molecule has 1 N–H and O–H groups in total. The maximum atomic E-state index is 10.8. The Bertz CT molecular complexity index is 424. The third-order valence-electron chi connectivity index (χ3n) is 4.27. The Labute approximate surface area is 108 Å². The summed E-state index contributed by atoms with van der Waals surface area (Å²) in [6.07, 6.45) is 5.27. The fourth-order valence-electron chi connectivity index (χ4n) is 2.68. The standard InChI is InChI=1S/C14H20N2O2/c1-3-14(4-2)7-8-16(10-14)11-5-6-12(13(17)18)15-9-11/h5-6,9H,3-4,7-8,10H2,1-2H3,(H,17,18). The van der Waals surface area contributed by atoms with Gasteiger partial charge < -0.3 is 10.0 Å². The van der Waals surface area contributed by atoms with Crippen molar-refractivity contribution in [3.05, 3.63) is 24.0 Å². The first kappa shape index (κ1) is 12.9. The number of hydrogen-bond donors (Lipinski definition) is 1. The molecule has 1 saturated heterocycles. The van der Waals surface area contributed by atoms with Crippen molar-refractivity contribution in [2.45, 2.75) is 33.1 Å². The van der Waals surface area contributed by atoms with Gasteiger partial charge in [-0.3, -0.25) is 0 Å². The van der Waals surface area contributed by atoms with E-state index in [0.717, 1.165) is 18.8 Å². The Kier molecular flexibility index (Phi) is 3.55. The van der Waals surface area contributed by atoms with Crippen LogP contribution in [-0.4, -0.2) is 29.1 Å². The number of nitrogens with zero attached hydrogens (tertiary/aromatic N) is 2. The molecule has 0 aromatic carbocycles. The highest BCUT2D eigenvalue weighted by Crippen LogP contribution is 2.38. The molecule has 1 aromatic rings. The van der Waals surface area contributed by atoms with Crippen LogP contribution in [0, 0.1) is 5.41 Å². The van der Waals surface area contributed by atoms with Crippen LogP contribution in [0.5, 0.6) is 0 Å². The number of hydrogen-bond acceptors (Lipinski definition) is 3. The van der Waals surface area contributed by atoms with E-state index in [4.69, 9.17) is 5.11 Å².